The minimum absolute atomic E-state index is 0.202. The number of aromatic nitrogens is 1. The molecule has 0 atom stereocenters. The van der Waals surface area contributed by atoms with Gasteiger partial charge in [-0.15, -0.1) is 0 Å². The van der Waals surface area contributed by atoms with E-state index < -0.39 is 0 Å². The molecule has 14 heavy (non-hydrogen) atoms. The van der Waals surface area contributed by atoms with Gasteiger partial charge < -0.3 is 9.72 Å². The van der Waals surface area contributed by atoms with Crippen LogP contribution in [0.3, 0.4) is 0 Å². The zero-order valence-electron chi connectivity index (χ0n) is 7.50. The lowest BCUT2D eigenvalue weighted by atomic mass is 10.2. The van der Waals surface area contributed by atoms with Crippen molar-refractivity contribution in [1.82, 2.24) is 4.98 Å². The van der Waals surface area contributed by atoms with Gasteiger partial charge in [-0.2, -0.15) is 0 Å². The number of rotatable bonds is 1. The highest BCUT2D eigenvalue weighted by Crippen LogP contribution is 2.19. The molecule has 1 aromatic heterocycles. The van der Waals surface area contributed by atoms with Crippen LogP contribution in [0.4, 0.5) is 0 Å². The molecule has 0 radical (unpaired) electrons. The molecule has 72 valence electrons. The molecule has 3 nitrogen and oxygen atoms in total. The van der Waals surface area contributed by atoms with E-state index >= 15 is 0 Å². The van der Waals surface area contributed by atoms with Crippen molar-refractivity contribution in [3.63, 3.8) is 0 Å². The van der Waals surface area contributed by atoms with Crippen LogP contribution in [0.5, 0.6) is 5.75 Å². The Hall–Kier alpha value is -1.48. The molecule has 0 saturated heterocycles. The summed E-state index contributed by atoms with van der Waals surface area (Å²) < 4.78 is 5.02. The molecule has 0 saturated carbocycles. The van der Waals surface area contributed by atoms with Gasteiger partial charge in [0.2, 0.25) is 0 Å². The number of fused-ring (bicyclic) bond motifs is 1. The fourth-order valence-electron chi connectivity index (χ4n) is 1.33. The molecule has 0 unspecified atom stereocenters. The molecule has 0 bridgehead atoms. The van der Waals surface area contributed by atoms with Crippen LogP contribution in [0.2, 0.25) is 5.15 Å². The number of methoxy groups -OCH3 is 1. The van der Waals surface area contributed by atoms with E-state index in [0.29, 0.717) is 16.3 Å². The van der Waals surface area contributed by atoms with Gasteiger partial charge in [0.05, 0.1) is 12.5 Å². The van der Waals surface area contributed by atoms with Crippen LogP contribution >= 0.6 is 11.6 Å². The van der Waals surface area contributed by atoms with E-state index in [0.717, 1.165) is 5.39 Å². The van der Waals surface area contributed by atoms with E-state index in [1.54, 1.807) is 31.4 Å². The van der Waals surface area contributed by atoms with Gasteiger partial charge in [0.15, 0.2) is 0 Å². The number of halogens is 1. The average Bonchev–Trinajstić information content (AvgIpc) is 2.17. The third kappa shape index (κ3) is 1.46. The lowest BCUT2D eigenvalue weighted by Gasteiger charge is -2.01. The maximum absolute atomic E-state index is 11.5. The highest BCUT2D eigenvalue weighted by Gasteiger charge is 2.01. The van der Waals surface area contributed by atoms with Crippen LogP contribution in [-0.4, -0.2) is 12.1 Å². The second-order valence-corrected chi connectivity index (χ2v) is 3.31. The van der Waals surface area contributed by atoms with Crippen molar-refractivity contribution >= 4 is 22.4 Å². The van der Waals surface area contributed by atoms with E-state index in [9.17, 15) is 4.79 Å². The Balaban J connectivity index is 2.82. The van der Waals surface area contributed by atoms with Gasteiger partial charge in [0, 0.05) is 0 Å². The van der Waals surface area contributed by atoms with Crippen LogP contribution in [0.15, 0.2) is 29.1 Å². The van der Waals surface area contributed by atoms with Crippen molar-refractivity contribution in [2.24, 2.45) is 0 Å². The maximum atomic E-state index is 11.5. The number of H-pyrrole nitrogens is 1. The first-order chi connectivity index (χ1) is 6.70. The summed E-state index contributed by atoms with van der Waals surface area (Å²) >= 11 is 5.71. The third-order valence-corrected chi connectivity index (χ3v) is 2.22. The first-order valence-electron chi connectivity index (χ1n) is 4.07. The fourth-order valence-corrected chi connectivity index (χ4v) is 1.54. The minimum atomic E-state index is -0.202. The number of benzene rings is 1. The predicted octanol–water partition coefficient (Wildman–Crippen LogP) is 2.19. The summed E-state index contributed by atoms with van der Waals surface area (Å²) in [6.45, 7) is 0. The SMILES string of the molecule is COc1ccc2cc(Cl)[nH]c(=O)c2c1. The first-order valence-corrected chi connectivity index (χ1v) is 4.45. The van der Waals surface area contributed by atoms with Gasteiger partial charge in [-0.25, -0.2) is 0 Å². The molecule has 0 aliphatic rings. The smallest absolute Gasteiger partial charge is 0.257 e. The monoisotopic (exact) mass is 209 g/mol. The van der Waals surface area contributed by atoms with Gasteiger partial charge in [0.25, 0.3) is 5.56 Å². The quantitative estimate of drug-likeness (QED) is 0.732. The predicted molar refractivity (Wildman–Crippen MR) is 56.1 cm³/mol. The second kappa shape index (κ2) is 3.35. The summed E-state index contributed by atoms with van der Waals surface area (Å²) in [5, 5.41) is 1.72. The van der Waals surface area contributed by atoms with E-state index in [-0.39, 0.29) is 5.56 Å². The van der Waals surface area contributed by atoms with E-state index in [1.807, 2.05) is 0 Å². The van der Waals surface area contributed by atoms with Crippen molar-refractivity contribution in [2.75, 3.05) is 7.11 Å². The topological polar surface area (TPSA) is 42.1 Å². The number of hydrogen-bond donors (Lipinski definition) is 1. The number of ether oxygens (including phenoxy) is 1. The van der Waals surface area contributed by atoms with E-state index in [2.05, 4.69) is 4.98 Å². The van der Waals surface area contributed by atoms with Crippen molar-refractivity contribution in [1.29, 1.82) is 0 Å². The Morgan fingerprint density at radius 3 is 2.86 bits per heavy atom. The van der Waals surface area contributed by atoms with E-state index in [4.69, 9.17) is 16.3 Å². The Morgan fingerprint density at radius 1 is 1.36 bits per heavy atom. The summed E-state index contributed by atoms with van der Waals surface area (Å²) in [6.07, 6.45) is 0. The van der Waals surface area contributed by atoms with Crippen LogP contribution in [0.1, 0.15) is 0 Å². The lowest BCUT2D eigenvalue weighted by molar-refractivity contribution is 0.415. The largest absolute Gasteiger partial charge is 0.497 e. The van der Waals surface area contributed by atoms with Gasteiger partial charge in [0.1, 0.15) is 10.9 Å². The lowest BCUT2D eigenvalue weighted by Crippen LogP contribution is -2.05. The number of hydrogen-bond acceptors (Lipinski definition) is 2. The normalized spacial score (nSPS) is 10.4. The summed E-state index contributed by atoms with van der Waals surface area (Å²) in [5.74, 6) is 0.658. The highest BCUT2D eigenvalue weighted by atomic mass is 35.5. The maximum Gasteiger partial charge on any atom is 0.257 e. The molecule has 0 fully saturated rings. The van der Waals surface area contributed by atoms with Crippen LogP contribution in [0, 0.1) is 0 Å². The molecular weight excluding hydrogens is 202 g/mol. The Labute approximate surface area is 85.3 Å². The summed E-state index contributed by atoms with van der Waals surface area (Å²) in [6, 6.07) is 6.98. The Morgan fingerprint density at radius 2 is 2.14 bits per heavy atom. The van der Waals surface area contributed by atoms with Crippen LogP contribution in [-0.2, 0) is 0 Å². The van der Waals surface area contributed by atoms with Gasteiger partial charge in [-0.1, -0.05) is 17.7 Å². The molecule has 0 aliphatic carbocycles. The summed E-state index contributed by atoms with van der Waals surface area (Å²) in [4.78, 5) is 14.0. The average molecular weight is 210 g/mol. The molecule has 0 spiro atoms. The van der Waals surface area contributed by atoms with Crippen molar-refractivity contribution in [3.05, 3.63) is 39.8 Å². The molecule has 2 aromatic rings. The zero-order chi connectivity index (χ0) is 10.1. The Bertz CT molecular complexity index is 533. The van der Waals surface area contributed by atoms with Crippen molar-refractivity contribution in [2.45, 2.75) is 0 Å². The Kier molecular flexibility index (Phi) is 2.17. The molecular formula is C10H8ClNO2. The third-order valence-electron chi connectivity index (χ3n) is 2.02. The molecule has 1 aromatic carbocycles. The molecule has 0 aliphatic heterocycles. The van der Waals surface area contributed by atoms with Gasteiger partial charge in [-0.05, 0) is 23.6 Å². The van der Waals surface area contributed by atoms with Gasteiger partial charge in [-0.3, -0.25) is 4.79 Å². The molecule has 2 rings (SSSR count). The van der Waals surface area contributed by atoms with Crippen molar-refractivity contribution in [3.8, 4) is 5.75 Å². The number of pyridine rings is 1. The highest BCUT2D eigenvalue weighted by molar-refractivity contribution is 6.30. The number of nitrogens with one attached hydrogen (secondary N) is 1. The summed E-state index contributed by atoms with van der Waals surface area (Å²) in [7, 11) is 1.56. The zero-order valence-corrected chi connectivity index (χ0v) is 8.26. The fraction of sp³-hybridized carbons (Fsp3) is 0.100. The minimum Gasteiger partial charge on any atom is -0.497 e. The molecule has 0 amide bonds. The second-order valence-electron chi connectivity index (χ2n) is 2.90. The van der Waals surface area contributed by atoms with Crippen LogP contribution in [0.25, 0.3) is 10.8 Å². The molecule has 1 N–H and O–H groups in total. The van der Waals surface area contributed by atoms with Crippen LogP contribution < -0.4 is 10.3 Å². The summed E-state index contributed by atoms with van der Waals surface area (Å²) in [5.41, 5.74) is -0.202. The van der Waals surface area contributed by atoms with Gasteiger partial charge >= 0.3 is 0 Å². The standard InChI is InChI=1S/C10H8ClNO2/c1-14-7-3-2-6-4-9(11)12-10(13)8(6)5-7/h2-5H,1H3,(H,12,13). The molecule has 4 heteroatoms. The van der Waals surface area contributed by atoms with Crippen molar-refractivity contribution < 1.29 is 4.74 Å². The first kappa shape index (κ1) is 9.09. The molecule has 1 heterocycles. The number of aromatic amines is 1. The van der Waals surface area contributed by atoms with E-state index in [1.165, 1.54) is 0 Å².